The molecule has 1 fully saturated rings. The molecule has 88 valence electrons. The number of hydrogen-bond acceptors (Lipinski definition) is 3. The minimum absolute atomic E-state index is 0.0810. The second kappa shape index (κ2) is 4.47. The van der Waals surface area contributed by atoms with E-state index >= 15 is 0 Å². The molecule has 0 atom stereocenters. The molecule has 0 heterocycles. The maximum Gasteiger partial charge on any atom is 0.490 e. The molecule has 0 saturated heterocycles. The predicted molar refractivity (Wildman–Crippen MR) is 41.6 cm³/mol. The highest BCUT2D eigenvalue weighted by atomic mass is 19.4. The van der Waals surface area contributed by atoms with E-state index in [9.17, 15) is 18.0 Å². The predicted octanol–water partition coefficient (Wildman–Crippen LogP) is -0.123. The van der Waals surface area contributed by atoms with Crippen LogP contribution in [0.15, 0.2) is 0 Å². The average molecular weight is 229 g/mol. The third-order valence-corrected chi connectivity index (χ3v) is 1.92. The molecule has 0 aliphatic heterocycles. The second-order valence-electron chi connectivity index (χ2n) is 3.11. The summed E-state index contributed by atoms with van der Waals surface area (Å²) in [6.07, 6.45) is -3.56. The first kappa shape index (κ1) is 13.7. The van der Waals surface area contributed by atoms with Crippen LogP contribution in [0.4, 0.5) is 13.2 Å². The third kappa shape index (κ3) is 4.15. The number of nitrogens with two attached hydrogens (primary N) is 1. The number of carbonyl (C=O) groups excluding carboxylic acids is 1. The van der Waals surface area contributed by atoms with E-state index in [2.05, 4.69) is 0 Å². The molecule has 0 spiro atoms. The third-order valence-electron chi connectivity index (χ3n) is 1.92. The number of amides is 1. The van der Waals surface area contributed by atoms with Crippen molar-refractivity contribution in [3.8, 4) is 0 Å². The van der Waals surface area contributed by atoms with E-state index in [0.29, 0.717) is 0 Å². The van der Waals surface area contributed by atoms with Gasteiger partial charge in [0.2, 0.25) is 5.91 Å². The molecular weight excluding hydrogens is 219 g/mol. The molecule has 4 N–H and O–H groups in total. The topological polar surface area (TPSA) is 101 Å². The van der Waals surface area contributed by atoms with Gasteiger partial charge >= 0.3 is 12.1 Å². The van der Waals surface area contributed by atoms with Crippen LogP contribution >= 0.6 is 0 Å². The smallest absolute Gasteiger partial charge is 0.475 e. The largest absolute Gasteiger partial charge is 0.490 e. The normalized spacial score (nSPS) is 17.3. The molecule has 0 aromatic rings. The number of carboxylic acid groups (broad SMARTS) is 1. The lowest BCUT2D eigenvalue weighted by Crippen LogP contribution is -2.27. The minimum Gasteiger partial charge on any atom is -0.475 e. The number of aliphatic carboxylic acids is 1. The van der Waals surface area contributed by atoms with Gasteiger partial charge < -0.3 is 15.9 Å². The first-order valence-corrected chi connectivity index (χ1v) is 3.86. The molecule has 1 aliphatic carbocycles. The van der Waals surface area contributed by atoms with Crippen molar-refractivity contribution >= 4 is 11.9 Å². The Morgan fingerprint density at radius 2 is 1.67 bits per heavy atom. The molecule has 0 aromatic carbocycles. The number of carbonyl (C=O) groups is 2. The van der Waals surface area contributed by atoms with Crippen LogP contribution in [0.2, 0.25) is 0 Å². The van der Waals surface area contributed by atoms with Crippen LogP contribution in [-0.4, -0.2) is 34.9 Å². The van der Waals surface area contributed by atoms with Crippen molar-refractivity contribution in [3.05, 3.63) is 0 Å². The van der Waals surface area contributed by atoms with E-state index in [0.717, 1.165) is 12.8 Å². The quantitative estimate of drug-likeness (QED) is 0.614. The maximum absolute atomic E-state index is 10.6. The summed E-state index contributed by atoms with van der Waals surface area (Å²) in [6.45, 7) is -0.0810. The Morgan fingerprint density at radius 1 is 1.33 bits per heavy atom. The number of hydrogen-bond donors (Lipinski definition) is 3. The van der Waals surface area contributed by atoms with Gasteiger partial charge in [0.05, 0.1) is 12.0 Å². The fourth-order valence-corrected chi connectivity index (χ4v) is 0.633. The van der Waals surface area contributed by atoms with Gasteiger partial charge in [-0.05, 0) is 12.8 Å². The second-order valence-corrected chi connectivity index (χ2v) is 3.11. The van der Waals surface area contributed by atoms with E-state index in [1.807, 2.05) is 0 Å². The number of aliphatic hydroxyl groups excluding tert-OH is 1. The van der Waals surface area contributed by atoms with Crippen molar-refractivity contribution in [1.82, 2.24) is 0 Å². The summed E-state index contributed by atoms with van der Waals surface area (Å²) in [4.78, 5) is 19.3. The van der Waals surface area contributed by atoms with Gasteiger partial charge in [-0.3, -0.25) is 4.79 Å². The van der Waals surface area contributed by atoms with E-state index < -0.39 is 17.6 Å². The van der Waals surface area contributed by atoms with Gasteiger partial charge in [0.1, 0.15) is 0 Å². The van der Waals surface area contributed by atoms with Gasteiger partial charge in [0, 0.05) is 0 Å². The highest BCUT2D eigenvalue weighted by molar-refractivity contribution is 5.83. The van der Waals surface area contributed by atoms with Crippen molar-refractivity contribution in [2.24, 2.45) is 11.1 Å². The summed E-state index contributed by atoms with van der Waals surface area (Å²) >= 11 is 0. The van der Waals surface area contributed by atoms with Crippen LogP contribution in [-0.2, 0) is 9.59 Å². The molecule has 1 saturated carbocycles. The molecule has 0 bridgehead atoms. The molecule has 1 rings (SSSR count). The van der Waals surface area contributed by atoms with Crippen LogP contribution in [0.25, 0.3) is 0 Å². The summed E-state index contributed by atoms with van der Waals surface area (Å²) in [7, 11) is 0. The van der Waals surface area contributed by atoms with Crippen LogP contribution in [0.3, 0.4) is 0 Å². The zero-order valence-corrected chi connectivity index (χ0v) is 7.54. The SMILES string of the molecule is NC(=O)C1(CO)CC1.O=C(O)C(F)(F)F. The van der Waals surface area contributed by atoms with Gasteiger partial charge in [0.15, 0.2) is 0 Å². The molecule has 0 unspecified atom stereocenters. The molecule has 5 nitrogen and oxygen atoms in total. The lowest BCUT2D eigenvalue weighted by molar-refractivity contribution is -0.192. The fourth-order valence-electron chi connectivity index (χ4n) is 0.633. The fraction of sp³-hybridized carbons (Fsp3) is 0.714. The van der Waals surface area contributed by atoms with Crippen LogP contribution < -0.4 is 5.73 Å². The lowest BCUT2D eigenvalue weighted by atomic mass is 10.1. The molecule has 1 amide bonds. The summed E-state index contributed by atoms with van der Waals surface area (Å²) < 4.78 is 31.7. The van der Waals surface area contributed by atoms with Crippen molar-refractivity contribution in [1.29, 1.82) is 0 Å². The van der Waals surface area contributed by atoms with E-state index in [4.69, 9.17) is 20.7 Å². The number of rotatable bonds is 2. The number of aliphatic hydroxyl groups is 1. The Labute approximate surface area is 82.7 Å². The Morgan fingerprint density at radius 3 is 1.67 bits per heavy atom. The van der Waals surface area contributed by atoms with Gasteiger partial charge in [-0.25, -0.2) is 4.79 Å². The van der Waals surface area contributed by atoms with Crippen molar-refractivity contribution in [3.63, 3.8) is 0 Å². The van der Waals surface area contributed by atoms with Gasteiger partial charge in [-0.2, -0.15) is 13.2 Å². The van der Waals surface area contributed by atoms with Gasteiger partial charge in [-0.15, -0.1) is 0 Å². The Bertz CT molecular complexity index is 259. The van der Waals surface area contributed by atoms with Gasteiger partial charge in [0.25, 0.3) is 0 Å². The van der Waals surface area contributed by atoms with Crippen LogP contribution in [0.1, 0.15) is 12.8 Å². The summed E-state index contributed by atoms with van der Waals surface area (Å²) in [6, 6.07) is 0. The molecule has 1 aliphatic rings. The van der Waals surface area contributed by atoms with E-state index in [1.165, 1.54) is 0 Å². The summed E-state index contributed by atoms with van der Waals surface area (Å²) in [5.74, 6) is -3.12. The molecule has 0 aromatic heterocycles. The molecule has 8 heteroatoms. The maximum atomic E-state index is 10.6. The van der Waals surface area contributed by atoms with E-state index in [1.54, 1.807) is 0 Å². The molecule has 0 radical (unpaired) electrons. The van der Waals surface area contributed by atoms with Crippen molar-refractivity contribution in [2.45, 2.75) is 19.0 Å². The first-order valence-electron chi connectivity index (χ1n) is 3.86. The highest BCUT2D eigenvalue weighted by Crippen LogP contribution is 2.44. The number of carboxylic acids is 1. The van der Waals surface area contributed by atoms with Crippen molar-refractivity contribution < 1.29 is 33.0 Å². The van der Waals surface area contributed by atoms with Crippen LogP contribution in [0, 0.1) is 5.41 Å². The minimum atomic E-state index is -5.08. The monoisotopic (exact) mass is 229 g/mol. The number of primary amides is 1. The summed E-state index contributed by atoms with van der Waals surface area (Å²) in [5.41, 5.74) is 4.43. The molecule has 15 heavy (non-hydrogen) atoms. The van der Waals surface area contributed by atoms with E-state index in [-0.39, 0.29) is 12.5 Å². The van der Waals surface area contributed by atoms with Gasteiger partial charge in [-0.1, -0.05) is 0 Å². The zero-order chi connectivity index (χ0) is 12.3. The lowest BCUT2D eigenvalue weighted by Gasteiger charge is -2.02. The number of halogens is 3. The Kier molecular flexibility index (Phi) is 4.08. The highest BCUT2D eigenvalue weighted by Gasteiger charge is 2.47. The van der Waals surface area contributed by atoms with Crippen LogP contribution in [0.5, 0.6) is 0 Å². The average Bonchev–Trinajstić information content (AvgIpc) is 2.83. The Hall–Kier alpha value is -1.31. The molecular formula is C7H10F3NO4. The van der Waals surface area contributed by atoms with Crippen molar-refractivity contribution in [2.75, 3.05) is 6.61 Å². The number of alkyl halides is 3. The standard InChI is InChI=1S/C5H9NO2.C2HF3O2/c6-4(8)5(3-7)1-2-5;3-2(4,5)1(6)7/h7H,1-3H2,(H2,6,8);(H,6,7). The zero-order valence-electron chi connectivity index (χ0n) is 7.54. The summed E-state index contributed by atoms with van der Waals surface area (Å²) in [5, 5.41) is 15.7. The first-order chi connectivity index (χ1) is 6.65. The Balaban J connectivity index is 0.000000265.